The Hall–Kier alpha value is -3.93. The zero-order valence-corrected chi connectivity index (χ0v) is 20.7. The first-order valence-corrected chi connectivity index (χ1v) is 11.8. The lowest BCUT2D eigenvalue weighted by Gasteiger charge is -2.26. The maximum atomic E-state index is 13.4. The van der Waals surface area contributed by atoms with Gasteiger partial charge in [-0.2, -0.15) is 0 Å². The standard InChI is InChI=1S/C29H30N2O4/c1-6-35-24-13-12-20(16-21(24)17(2)3)27(32)25-26(22-9-7-8-14-30-22)31(29(34)28(25)33)23-15-18(4)10-11-19(23)5/h7-17,26,32H,6H2,1-5H3/b27-25-. The second-order valence-electron chi connectivity index (χ2n) is 9.05. The number of ether oxygens (including phenoxy) is 1. The van der Waals surface area contributed by atoms with Crippen LogP contribution < -0.4 is 9.64 Å². The number of aromatic nitrogens is 1. The fourth-order valence-corrected chi connectivity index (χ4v) is 4.47. The number of rotatable bonds is 6. The molecule has 1 saturated heterocycles. The number of aryl methyl sites for hydroxylation is 2. The van der Waals surface area contributed by atoms with Gasteiger partial charge in [-0.1, -0.05) is 32.0 Å². The number of carbonyl (C=O) groups excluding carboxylic acids is 2. The van der Waals surface area contributed by atoms with Gasteiger partial charge in [0, 0.05) is 17.4 Å². The summed E-state index contributed by atoms with van der Waals surface area (Å²) in [4.78, 5) is 32.7. The third-order valence-corrected chi connectivity index (χ3v) is 6.24. The summed E-state index contributed by atoms with van der Waals surface area (Å²) >= 11 is 0. The van der Waals surface area contributed by atoms with Gasteiger partial charge in [-0.3, -0.25) is 19.5 Å². The second kappa shape index (κ2) is 9.74. The number of hydrogen-bond acceptors (Lipinski definition) is 5. The van der Waals surface area contributed by atoms with Gasteiger partial charge in [-0.15, -0.1) is 0 Å². The van der Waals surface area contributed by atoms with Crippen LogP contribution >= 0.6 is 0 Å². The van der Waals surface area contributed by atoms with E-state index in [1.165, 1.54) is 4.90 Å². The number of anilines is 1. The molecule has 1 aliphatic rings. The van der Waals surface area contributed by atoms with Gasteiger partial charge in [-0.25, -0.2) is 0 Å². The lowest BCUT2D eigenvalue weighted by Crippen LogP contribution is -2.30. The van der Waals surface area contributed by atoms with Crippen LogP contribution in [0.4, 0.5) is 5.69 Å². The average molecular weight is 471 g/mol. The summed E-state index contributed by atoms with van der Waals surface area (Å²) in [6, 6.07) is 15.6. The Morgan fingerprint density at radius 3 is 2.51 bits per heavy atom. The summed E-state index contributed by atoms with van der Waals surface area (Å²) < 4.78 is 5.75. The lowest BCUT2D eigenvalue weighted by molar-refractivity contribution is -0.132. The summed E-state index contributed by atoms with van der Waals surface area (Å²) in [7, 11) is 0. The van der Waals surface area contributed by atoms with Crippen LogP contribution in [0, 0.1) is 13.8 Å². The van der Waals surface area contributed by atoms with Crippen molar-refractivity contribution in [1.29, 1.82) is 0 Å². The zero-order chi connectivity index (χ0) is 25.3. The largest absolute Gasteiger partial charge is 0.507 e. The van der Waals surface area contributed by atoms with E-state index in [-0.39, 0.29) is 17.3 Å². The SMILES string of the molecule is CCOc1ccc(/C(O)=C2/C(=O)C(=O)N(c3cc(C)ccc3C)C2c2ccccn2)cc1C(C)C. The molecule has 0 radical (unpaired) electrons. The van der Waals surface area contributed by atoms with Crippen LogP contribution in [-0.2, 0) is 9.59 Å². The molecule has 1 aromatic heterocycles. The third kappa shape index (κ3) is 4.44. The molecule has 0 bridgehead atoms. The van der Waals surface area contributed by atoms with Gasteiger partial charge in [-0.05, 0) is 79.8 Å². The van der Waals surface area contributed by atoms with Crippen molar-refractivity contribution < 1.29 is 19.4 Å². The topological polar surface area (TPSA) is 79.7 Å². The highest BCUT2D eigenvalue weighted by Crippen LogP contribution is 2.43. The lowest BCUT2D eigenvalue weighted by atomic mass is 9.94. The van der Waals surface area contributed by atoms with Crippen molar-refractivity contribution >= 4 is 23.1 Å². The van der Waals surface area contributed by atoms with E-state index in [9.17, 15) is 14.7 Å². The maximum Gasteiger partial charge on any atom is 0.300 e. The molecule has 1 atom stereocenters. The fraction of sp³-hybridized carbons (Fsp3) is 0.276. The van der Waals surface area contributed by atoms with Gasteiger partial charge >= 0.3 is 0 Å². The molecule has 1 fully saturated rings. The third-order valence-electron chi connectivity index (χ3n) is 6.24. The average Bonchev–Trinajstić information content (AvgIpc) is 3.11. The van der Waals surface area contributed by atoms with Gasteiger partial charge in [0.25, 0.3) is 11.7 Å². The minimum atomic E-state index is -0.856. The van der Waals surface area contributed by atoms with Crippen molar-refractivity contribution in [1.82, 2.24) is 4.98 Å². The molecule has 0 saturated carbocycles. The quantitative estimate of drug-likeness (QED) is 0.278. The van der Waals surface area contributed by atoms with Gasteiger partial charge in [0.2, 0.25) is 0 Å². The highest BCUT2D eigenvalue weighted by molar-refractivity contribution is 6.51. The number of hydrogen-bond donors (Lipinski definition) is 1. The second-order valence-corrected chi connectivity index (χ2v) is 9.05. The molecule has 2 heterocycles. The van der Waals surface area contributed by atoms with Crippen LogP contribution in [0.25, 0.3) is 5.76 Å². The number of aliphatic hydroxyl groups is 1. The van der Waals surface area contributed by atoms with Crippen LogP contribution in [0.3, 0.4) is 0 Å². The van der Waals surface area contributed by atoms with Gasteiger partial charge < -0.3 is 9.84 Å². The number of benzene rings is 2. The smallest absolute Gasteiger partial charge is 0.300 e. The van der Waals surface area contributed by atoms with E-state index >= 15 is 0 Å². The monoisotopic (exact) mass is 470 g/mol. The molecule has 3 aromatic rings. The molecule has 6 nitrogen and oxygen atoms in total. The van der Waals surface area contributed by atoms with Crippen molar-refractivity contribution in [2.45, 2.75) is 46.6 Å². The summed E-state index contributed by atoms with van der Waals surface area (Å²) in [6.45, 7) is 10.3. The Kier molecular flexibility index (Phi) is 6.74. The van der Waals surface area contributed by atoms with Crippen LogP contribution in [-0.4, -0.2) is 28.4 Å². The minimum absolute atomic E-state index is 0.0217. The van der Waals surface area contributed by atoms with Crippen LogP contribution in [0.1, 0.15) is 60.7 Å². The molecule has 6 heteroatoms. The van der Waals surface area contributed by atoms with E-state index in [0.29, 0.717) is 23.6 Å². The van der Waals surface area contributed by atoms with E-state index < -0.39 is 17.7 Å². The van der Waals surface area contributed by atoms with Gasteiger partial charge in [0.15, 0.2) is 0 Å². The molecule has 180 valence electrons. The molecular weight excluding hydrogens is 440 g/mol. The Balaban J connectivity index is 1.95. The Morgan fingerprint density at radius 1 is 1.09 bits per heavy atom. The number of Topliss-reactive ketones (excluding diaryl/α,β-unsaturated/α-hetero) is 1. The Bertz CT molecular complexity index is 1310. The van der Waals surface area contributed by atoms with E-state index in [4.69, 9.17) is 4.74 Å². The molecule has 1 unspecified atom stereocenters. The number of nitrogens with zero attached hydrogens (tertiary/aromatic N) is 2. The van der Waals surface area contributed by atoms with E-state index in [1.54, 1.807) is 36.5 Å². The Morgan fingerprint density at radius 2 is 1.86 bits per heavy atom. The normalized spacial score (nSPS) is 17.3. The van der Waals surface area contributed by atoms with E-state index in [2.05, 4.69) is 4.98 Å². The molecule has 4 rings (SSSR count). The van der Waals surface area contributed by atoms with Crippen molar-refractivity contribution in [2.24, 2.45) is 0 Å². The van der Waals surface area contributed by atoms with Crippen LogP contribution in [0.15, 0.2) is 66.4 Å². The zero-order valence-electron chi connectivity index (χ0n) is 20.7. The van der Waals surface area contributed by atoms with Crippen LogP contribution in [0.5, 0.6) is 5.75 Å². The van der Waals surface area contributed by atoms with Crippen LogP contribution in [0.2, 0.25) is 0 Å². The summed E-state index contributed by atoms with van der Waals surface area (Å²) in [5, 5.41) is 11.5. The molecule has 35 heavy (non-hydrogen) atoms. The molecule has 1 amide bonds. The molecule has 0 spiro atoms. The summed E-state index contributed by atoms with van der Waals surface area (Å²) in [6.07, 6.45) is 1.62. The van der Waals surface area contributed by atoms with Crippen molar-refractivity contribution in [3.05, 3.63) is 94.3 Å². The predicted octanol–water partition coefficient (Wildman–Crippen LogP) is 5.85. The molecule has 2 aromatic carbocycles. The number of pyridine rings is 1. The molecule has 1 aliphatic heterocycles. The number of carbonyl (C=O) groups is 2. The highest BCUT2D eigenvalue weighted by atomic mass is 16.5. The first-order chi connectivity index (χ1) is 16.7. The minimum Gasteiger partial charge on any atom is -0.507 e. The summed E-state index contributed by atoms with van der Waals surface area (Å²) in [5.74, 6) is -0.786. The van der Waals surface area contributed by atoms with Gasteiger partial charge in [0.05, 0.1) is 17.9 Å². The highest BCUT2D eigenvalue weighted by Gasteiger charge is 2.48. The summed E-state index contributed by atoms with van der Waals surface area (Å²) in [5.41, 5.74) is 4.32. The molecule has 1 N–H and O–H groups in total. The van der Waals surface area contributed by atoms with Crippen molar-refractivity contribution in [2.75, 3.05) is 11.5 Å². The maximum absolute atomic E-state index is 13.4. The van der Waals surface area contributed by atoms with E-state index in [1.807, 2.05) is 58.9 Å². The van der Waals surface area contributed by atoms with Gasteiger partial charge in [0.1, 0.15) is 17.6 Å². The Labute approximate surface area is 205 Å². The number of ketones is 1. The first kappa shape index (κ1) is 24.2. The van der Waals surface area contributed by atoms with E-state index in [0.717, 1.165) is 22.4 Å². The molecular formula is C29H30N2O4. The first-order valence-electron chi connectivity index (χ1n) is 11.8. The predicted molar refractivity (Wildman–Crippen MR) is 137 cm³/mol. The molecule has 0 aliphatic carbocycles. The number of aliphatic hydroxyl groups excluding tert-OH is 1. The van der Waals surface area contributed by atoms with Crippen molar-refractivity contribution in [3.63, 3.8) is 0 Å². The van der Waals surface area contributed by atoms with Crippen molar-refractivity contribution in [3.8, 4) is 5.75 Å². The number of amides is 1. The fourth-order valence-electron chi connectivity index (χ4n) is 4.47.